The van der Waals surface area contributed by atoms with Gasteiger partial charge in [-0.3, -0.25) is 0 Å². The number of anilines is 6. The van der Waals surface area contributed by atoms with E-state index in [2.05, 4.69) is 62.8 Å². The maximum absolute atomic E-state index is 9.56. The summed E-state index contributed by atoms with van der Waals surface area (Å²) >= 11 is 0. The van der Waals surface area contributed by atoms with E-state index in [1.165, 1.54) is 0 Å². The summed E-state index contributed by atoms with van der Waals surface area (Å²) in [4.78, 5) is 2.00. The number of nitrogen functional groups attached to an aromatic ring is 1. The summed E-state index contributed by atoms with van der Waals surface area (Å²) < 4.78 is 0. The second-order valence-electron chi connectivity index (χ2n) is 13.9. The fourth-order valence-electron chi connectivity index (χ4n) is 4.25. The Kier molecular flexibility index (Phi) is 23.4. The molecule has 3 aromatic rings. The molecule has 0 spiro atoms. The largest absolute Gasteiger partial charge is 0.399 e. The van der Waals surface area contributed by atoms with Crippen molar-refractivity contribution in [3.8, 4) is 0 Å². The molecule has 0 saturated carbocycles. The van der Waals surface area contributed by atoms with E-state index >= 15 is 0 Å². The highest BCUT2D eigenvalue weighted by molar-refractivity contribution is 5.56. The van der Waals surface area contributed by atoms with E-state index in [-0.39, 0.29) is 13.5 Å². The Morgan fingerprint density at radius 1 is 0.469 bits per heavy atom. The normalized spacial score (nSPS) is 12.4. The van der Waals surface area contributed by atoms with Crippen molar-refractivity contribution in [1.82, 2.24) is 0 Å². The zero-order chi connectivity index (χ0) is 36.1. The molecule has 0 fully saturated rings. The minimum absolute atomic E-state index is 0. The molecule has 0 bridgehead atoms. The Hall–Kier alpha value is -3.66. The molecule has 3 atom stereocenters. The third kappa shape index (κ3) is 23.4. The van der Waals surface area contributed by atoms with Crippen LogP contribution in [0.15, 0.2) is 72.8 Å². The quantitative estimate of drug-likeness (QED) is 0.0670. The Bertz CT molecular complexity index is 1160. The summed E-state index contributed by atoms with van der Waals surface area (Å²) in [5.41, 5.74) is 11.8. The highest BCUT2D eigenvalue weighted by Gasteiger charge is 2.12. The van der Waals surface area contributed by atoms with Gasteiger partial charge >= 0.3 is 0 Å². The van der Waals surface area contributed by atoms with Gasteiger partial charge in [0, 0.05) is 73.4 Å². The summed E-state index contributed by atoms with van der Waals surface area (Å²) in [6.45, 7) is 22.9. The number of aliphatic hydroxyl groups is 3. The molecule has 0 aliphatic carbocycles. The number of nitrogens with zero attached hydrogens (tertiary/aromatic N) is 1. The summed E-state index contributed by atoms with van der Waals surface area (Å²) in [5, 5.41) is 41.5. The second kappa shape index (κ2) is 25.3. The summed E-state index contributed by atoms with van der Waals surface area (Å²) in [7, 11) is 0. The van der Waals surface area contributed by atoms with Crippen molar-refractivity contribution in [3.63, 3.8) is 0 Å². The zero-order valence-corrected chi connectivity index (χ0v) is 31.0. The van der Waals surface area contributed by atoms with Crippen LogP contribution in [0.2, 0.25) is 0 Å². The zero-order valence-electron chi connectivity index (χ0n) is 31.0. The molecule has 0 heterocycles. The van der Waals surface area contributed by atoms with Crippen molar-refractivity contribution in [1.29, 1.82) is 0 Å². The molecule has 3 rings (SSSR count). The Labute approximate surface area is 298 Å². The van der Waals surface area contributed by atoms with Gasteiger partial charge in [0.25, 0.3) is 0 Å². The van der Waals surface area contributed by atoms with E-state index in [0.29, 0.717) is 37.4 Å². The Balaban J connectivity index is 0.000000719. The first-order valence-corrected chi connectivity index (χ1v) is 17.4. The second-order valence-corrected chi connectivity index (χ2v) is 13.9. The molecule has 278 valence electrons. The van der Waals surface area contributed by atoms with Crippen LogP contribution in [0.5, 0.6) is 0 Å². The number of aliphatic hydroxyl groups excluding tert-OH is 3. The van der Waals surface area contributed by atoms with Crippen molar-refractivity contribution < 1.29 is 15.3 Å². The molecule has 3 aromatic carbocycles. The SMILES string of the molecule is C.CC(C)CNc1ccc(N(CC(C)O)CC(C)O)cc1.CC(C)CNc1ccc(N)cc1.CC(C)CNc1ccc(NCC(C)O)cc1. The van der Waals surface area contributed by atoms with Crippen molar-refractivity contribution in [2.45, 2.75) is 88.1 Å². The molecule has 0 saturated heterocycles. The monoisotopic (exact) mass is 683 g/mol. The van der Waals surface area contributed by atoms with Crippen LogP contribution < -0.4 is 31.9 Å². The lowest BCUT2D eigenvalue weighted by Crippen LogP contribution is -2.36. The predicted octanol–water partition coefficient (Wildman–Crippen LogP) is 7.84. The number of nitrogens with one attached hydrogen (secondary N) is 4. The van der Waals surface area contributed by atoms with Gasteiger partial charge in [-0.1, -0.05) is 49.0 Å². The number of hydrogen-bond donors (Lipinski definition) is 8. The summed E-state index contributed by atoms with van der Waals surface area (Å²) in [6, 6.07) is 24.1. The van der Waals surface area contributed by atoms with Gasteiger partial charge in [-0.25, -0.2) is 0 Å². The minimum Gasteiger partial charge on any atom is -0.399 e. The highest BCUT2D eigenvalue weighted by Crippen LogP contribution is 2.19. The van der Waals surface area contributed by atoms with Gasteiger partial charge in [0.05, 0.1) is 18.3 Å². The maximum atomic E-state index is 9.56. The van der Waals surface area contributed by atoms with Crippen molar-refractivity contribution in [2.24, 2.45) is 17.8 Å². The van der Waals surface area contributed by atoms with Crippen LogP contribution in [-0.4, -0.2) is 72.9 Å². The fourth-order valence-corrected chi connectivity index (χ4v) is 4.25. The summed E-state index contributed by atoms with van der Waals surface area (Å²) in [6.07, 6.45) is -1.17. The third-order valence-electron chi connectivity index (χ3n) is 6.74. The minimum atomic E-state index is -0.424. The average Bonchev–Trinajstić information content (AvgIpc) is 3.02. The third-order valence-corrected chi connectivity index (χ3v) is 6.74. The van der Waals surface area contributed by atoms with E-state index < -0.39 is 12.2 Å². The lowest BCUT2D eigenvalue weighted by atomic mass is 10.2. The molecule has 0 aromatic heterocycles. The molecule has 0 radical (unpaired) electrons. The first kappa shape index (κ1) is 45.3. The lowest BCUT2D eigenvalue weighted by molar-refractivity contribution is 0.178. The standard InChI is InChI=1S/C16H28N2O2.C13H22N2O.C10H16N2.CH4/c1-12(2)9-17-15-5-7-16(8-6-15)18(10-13(3)19)11-14(4)20;1-10(2)8-14-12-4-6-13(7-5-12)15-9-11(3)16;1-8(2)7-12-10-5-3-9(11)4-6-10;/h5-8,12-14,17,19-20H,9-11H2,1-4H3;4-7,10-11,14-16H,8-9H2,1-3H3;3-6,8,12H,7,11H2,1-2H3;1H4. The molecular weight excluding hydrogens is 612 g/mol. The Morgan fingerprint density at radius 2 is 0.755 bits per heavy atom. The topological polar surface area (TPSA) is 138 Å². The molecule has 9 heteroatoms. The van der Waals surface area contributed by atoms with E-state index in [0.717, 1.165) is 53.8 Å². The maximum Gasteiger partial charge on any atom is 0.0687 e. The van der Waals surface area contributed by atoms with Crippen LogP contribution in [0.1, 0.15) is 69.7 Å². The molecule has 0 aliphatic heterocycles. The predicted molar refractivity (Wildman–Crippen MR) is 216 cm³/mol. The van der Waals surface area contributed by atoms with Crippen LogP contribution in [0.25, 0.3) is 0 Å². The molecular formula is C40H70N6O3. The summed E-state index contributed by atoms with van der Waals surface area (Å²) in [5.74, 6) is 1.92. The molecule has 0 amide bonds. The number of hydrogen-bond acceptors (Lipinski definition) is 9. The van der Waals surface area contributed by atoms with E-state index in [1.54, 1.807) is 20.8 Å². The van der Waals surface area contributed by atoms with Gasteiger partial charge in [-0.2, -0.15) is 0 Å². The van der Waals surface area contributed by atoms with Gasteiger partial charge in [-0.15, -0.1) is 0 Å². The van der Waals surface area contributed by atoms with Gasteiger partial charge in [0.1, 0.15) is 0 Å². The van der Waals surface area contributed by atoms with E-state index in [9.17, 15) is 10.2 Å². The first-order chi connectivity index (χ1) is 22.6. The number of rotatable bonds is 17. The first-order valence-electron chi connectivity index (χ1n) is 17.4. The lowest BCUT2D eigenvalue weighted by Gasteiger charge is -2.27. The molecule has 3 unspecified atom stereocenters. The molecule has 9 nitrogen and oxygen atoms in total. The van der Waals surface area contributed by atoms with Gasteiger partial charge in [-0.05, 0) is 111 Å². The van der Waals surface area contributed by atoms with Gasteiger partial charge in [0.15, 0.2) is 0 Å². The van der Waals surface area contributed by atoms with Gasteiger partial charge < -0.3 is 47.2 Å². The van der Waals surface area contributed by atoms with Crippen molar-refractivity contribution in [3.05, 3.63) is 72.8 Å². The van der Waals surface area contributed by atoms with Crippen molar-refractivity contribution >= 4 is 34.1 Å². The molecule has 0 aliphatic rings. The van der Waals surface area contributed by atoms with Crippen LogP contribution in [0, 0.1) is 17.8 Å². The Morgan fingerprint density at radius 3 is 1.04 bits per heavy atom. The van der Waals surface area contributed by atoms with E-state index in [1.807, 2.05) is 77.7 Å². The molecule has 9 N–H and O–H groups in total. The van der Waals surface area contributed by atoms with Crippen LogP contribution >= 0.6 is 0 Å². The average molecular weight is 683 g/mol. The fraction of sp³-hybridized carbons (Fsp3) is 0.550. The number of benzene rings is 3. The van der Waals surface area contributed by atoms with Crippen LogP contribution in [0.4, 0.5) is 34.1 Å². The van der Waals surface area contributed by atoms with Crippen LogP contribution in [-0.2, 0) is 0 Å². The highest BCUT2D eigenvalue weighted by atomic mass is 16.3. The number of nitrogens with two attached hydrogens (primary N) is 1. The van der Waals surface area contributed by atoms with Gasteiger partial charge in [0.2, 0.25) is 0 Å². The van der Waals surface area contributed by atoms with E-state index in [4.69, 9.17) is 10.8 Å². The smallest absolute Gasteiger partial charge is 0.0687 e. The van der Waals surface area contributed by atoms with Crippen LogP contribution in [0.3, 0.4) is 0 Å². The molecule has 49 heavy (non-hydrogen) atoms. The van der Waals surface area contributed by atoms with Crippen molar-refractivity contribution in [2.75, 3.05) is 71.2 Å².